The zero-order valence-corrected chi connectivity index (χ0v) is 15.7. The standard InChI is InChI=1S/C20H16Cl2FN3O/c21-14-4-5-15(16(22)10-14)19(27)9-12-3-6-17(23)13(8-12)11-26-18-2-1-7-25-20(18)24/h1-8,10,26H,9,11H2,(H2,24,25). The van der Waals surface area contributed by atoms with Crippen molar-refractivity contribution < 1.29 is 9.18 Å². The predicted octanol–water partition coefficient (Wildman–Crippen LogP) is 5.15. The monoisotopic (exact) mass is 403 g/mol. The molecule has 0 radical (unpaired) electrons. The van der Waals surface area contributed by atoms with E-state index in [1.54, 1.807) is 42.6 Å². The molecule has 0 bridgehead atoms. The first-order valence-corrected chi connectivity index (χ1v) is 8.89. The van der Waals surface area contributed by atoms with Crippen LogP contribution in [0.1, 0.15) is 21.5 Å². The molecule has 138 valence electrons. The van der Waals surface area contributed by atoms with Gasteiger partial charge in [0.1, 0.15) is 11.6 Å². The summed E-state index contributed by atoms with van der Waals surface area (Å²) in [7, 11) is 0. The second kappa shape index (κ2) is 8.37. The fourth-order valence-corrected chi connectivity index (χ4v) is 3.14. The van der Waals surface area contributed by atoms with E-state index in [9.17, 15) is 9.18 Å². The fraction of sp³-hybridized carbons (Fsp3) is 0.100. The van der Waals surface area contributed by atoms with Gasteiger partial charge in [-0.1, -0.05) is 35.3 Å². The Morgan fingerprint density at radius 3 is 2.70 bits per heavy atom. The summed E-state index contributed by atoms with van der Waals surface area (Å²) in [6, 6.07) is 12.8. The van der Waals surface area contributed by atoms with E-state index < -0.39 is 0 Å². The van der Waals surface area contributed by atoms with Crippen molar-refractivity contribution in [2.45, 2.75) is 13.0 Å². The number of ketones is 1. The normalized spacial score (nSPS) is 10.6. The van der Waals surface area contributed by atoms with Crippen molar-refractivity contribution in [1.29, 1.82) is 0 Å². The van der Waals surface area contributed by atoms with Gasteiger partial charge in [0, 0.05) is 35.3 Å². The van der Waals surface area contributed by atoms with Gasteiger partial charge in [-0.2, -0.15) is 0 Å². The lowest BCUT2D eigenvalue weighted by molar-refractivity contribution is 0.0993. The largest absolute Gasteiger partial charge is 0.382 e. The second-order valence-electron chi connectivity index (χ2n) is 5.94. The Hall–Kier alpha value is -2.63. The number of nitrogen functional groups attached to an aromatic ring is 1. The van der Waals surface area contributed by atoms with Gasteiger partial charge in [0.05, 0.1) is 10.7 Å². The van der Waals surface area contributed by atoms with Gasteiger partial charge in [-0.05, 0) is 42.0 Å². The van der Waals surface area contributed by atoms with Crippen molar-refractivity contribution >= 4 is 40.5 Å². The van der Waals surface area contributed by atoms with Gasteiger partial charge in [0.2, 0.25) is 0 Å². The van der Waals surface area contributed by atoms with E-state index in [1.165, 1.54) is 12.1 Å². The highest BCUT2D eigenvalue weighted by Gasteiger charge is 2.13. The first-order chi connectivity index (χ1) is 12.9. The van der Waals surface area contributed by atoms with Crippen LogP contribution in [0, 0.1) is 5.82 Å². The molecule has 0 saturated heterocycles. The SMILES string of the molecule is Nc1ncccc1NCc1cc(CC(=O)c2ccc(Cl)cc2Cl)ccc1F. The van der Waals surface area contributed by atoms with E-state index in [-0.39, 0.29) is 24.6 Å². The molecule has 1 aromatic heterocycles. The van der Waals surface area contributed by atoms with E-state index in [4.69, 9.17) is 28.9 Å². The Morgan fingerprint density at radius 2 is 1.96 bits per heavy atom. The third-order valence-corrected chi connectivity index (χ3v) is 4.56. The minimum atomic E-state index is -0.370. The van der Waals surface area contributed by atoms with Crippen LogP contribution in [0.15, 0.2) is 54.7 Å². The van der Waals surface area contributed by atoms with E-state index in [0.29, 0.717) is 38.2 Å². The van der Waals surface area contributed by atoms with Gasteiger partial charge >= 0.3 is 0 Å². The van der Waals surface area contributed by atoms with Gasteiger partial charge in [-0.25, -0.2) is 9.37 Å². The highest BCUT2D eigenvalue weighted by Crippen LogP contribution is 2.23. The molecule has 0 aliphatic heterocycles. The summed E-state index contributed by atoms with van der Waals surface area (Å²) >= 11 is 11.9. The number of halogens is 3. The van der Waals surface area contributed by atoms with Gasteiger partial charge in [-0.3, -0.25) is 4.79 Å². The van der Waals surface area contributed by atoms with E-state index in [1.807, 2.05) is 0 Å². The Kier molecular flexibility index (Phi) is 5.94. The third kappa shape index (κ3) is 4.76. The summed E-state index contributed by atoms with van der Waals surface area (Å²) in [4.78, 5) is 16.5. The molecule has 1 heterocycles. The molecular weight excluding hydrogens is 388 g/mol. The number of pyridine rings is 1. The summed E-state index contributed by atoms with van der Waals surface area (Å²) in [6.45, 7) is 0.214. The summed E-state index contributed by atoms with van der Waals surface area (Å²) in [5.74, 6) is -0.203. The number of nitrogens with one attached hydrogen (secondary N) is 1. The van der Waals surface area contributed by atoms with Gasteiger partial charge in [0.25, 0.3) is 0 Å². The molecule has 7 heteroatoms. The molecule has 2 aromatic carbocycles. The molecule has 3 N–H and O–H groups in total. The molecule has 0 aliphatic rings. The highest BCUT2D eigenvalue weighted by atomic mass is 35.5. The Balaban J connectivity index is 1.74. The number of benzene rings is 2. The predicted molar refractivity (Wildman–Crippen MR) is 107 cm³/mol. The lowest BCUT2D eigenvalue weighted by Gasteiger charge is -2.11. The number of nitrogens with two attached hydrogens (primary N) is 1. The molecule has 0 amide bonds. The van der Waals surface area contributed by atoms with Crippen molar-refractivity contribution in [3.8, 4) is 0 Å². The molecule has 27 heavy (non-hydrogen) atoms. The lowest BCUT2D eigenvalue weighted by atomic mass is 10.0. The number of hydrogen-bond donors (Lipinski definition) is 2. The fourth-order valence-electron chi connectivity index (χ4n) is 2.63. The molecule has 0 spiro atoms. The molecule has 0 atom stereocenters. The van der Waals surface area contributed by atoms with Crippen LogP contribution in [-0.4, -0.2) is 10.8 Å². The maximum atomic E-state index is 14.1. The molecule has 0 unspecified atom stereocenters. The van der Waals surface area contributed by atoms with Crippen LogP contribution in [0.5, 0.6) is 0 Å². The molecule has 4 nitrogen and oxygen atoms in total. The van der Waals surface area contributed by atoms with E-state index in [2.05, 4.69) is 10.3 Å². The van der Waals surface area contributed by atoms with Crippen molar-refractivity contribution in [3.63, 3.8) is 0 Å². The molecule has 3 aromatic rings. The van der Waals surface area contributed by atoms with Crippen LogP contribution >= 0.6 is 23.2 Å². The number of aromatic nitrogens is 1. The minimum absolute atomic E-state index is 0.101. The Morgan fingerprint density at radius 1 is 1.15 bits per heavy atom. The lowest BCUT2D eigenvalue weighted by Crippen LogP contribution is -2.08. The highest BCUT2D eigenvalue weighted by molar-refractivity contribution is 6.36. The maximum absolute atomic E-state index is 14.1. The van der Waals surface area contributed by atoms with Gasteiger partial charge < -0.3 is 11.1 Å². The van der Waals surface area contributed by atoms with Crippen molar-refractivity contribution in [1.82, 2.24) is 4.98 Å². The quantitative estimate of drug-likeness (QED) is 0.558. The van der Waals surface area contributed by atoms with Gasteiger partial charge in [-0.15, -0.1) is 0 Å². The van der Waals surface area contributed by atoms with Crippen molar-refractivity contribution in [2.24, 2.45) is 0 Å². The van der Waals surface area contributed by atoms with Gasteiger partial charge in [0.15, 0.2) is 5.78 Å². The average molecular weight is 404 g/mol. The Labute approximate surface area is 166 Å². The molecule has 0 fully saturated rings. The number of hydrogen-bond acceptors (Lipinski definition) is 4. The number of rotatable bonds is 6. The second-order valence-corrected chi connectivity index (χ2v) is 6.78. The Bertz CT molecular complexity index is 995. The van der Waals surface area contributed by atoms with Crippen molar-refractivity contribution in [3.05, 3.63) is 87.3 Å². The van der Waals surface area contributed by atoms with Crippen LogP contribution in [0.4, 0.5) is 15.9 Å². The van der Waals surface area contributed by atoms with Crippen LogP contribution in [0.3, 0.4) is 0 Å². The zero-order chi connectivity index (χ0) is 19.4. The number of carbonyl (C=O) groups is 1. The maximum Gasteiger partial charge on any atom is 0.168 e. The summed E-state index contributed by atoms with van der Waals surface area (Å²) < 4.78 is 14.1. The van der Waals surface area contributed by atoms with E-state index >= 15 is 0 Å². The van der Waals surface area contributed by atoms with Crippen LogP contribution in [-0.2, 0) is 13.0 Å². The molecule has 3 rings (SSSR count). The number of Topliss-reactive ketones (excluding diaryl/α,β-unsaturated/α-hetero) is 1. The van der Waals surface area contributed by atoms with Crippen LogP contribution in [0.2, 0.25) is 10.0 Å². The van der Waals surface area contributed by atoms with Crippen LogP contribution < -0.4 is 11.1 Å². The molecule has 0 aliphatic carbocycles. The van der Waals surface area contributed by atoms with Crippen molar-refractivity contribution in [2.75, 3.05) is 11.1 Å². The third-order valence-electron chi connectivity index (χ3n) is 4.01. The average Bonchev–Trinajstić information content (AvgIpc) is 2.63. The summed E-state index contributed by atoms with van der Waals surface area (Å²) in [6.07, 6.45) is 1.68. The zero-order valence-electron chi connectivity index (χ0n) is 14.2. The first kappa shape index (κ1) is 19.1. The summed E-state index contributed by atoms with van der Waals surface area (Å²) in [5, 5.41) is 3.80. The molecule has 0 saturated carbocycles. The first-order valence-electron chi connectivity index (χ1n) is 8.14. The topological polar surface area (TPSA) is 68.0 Å². The number of nitrogens with zero attached hydrogens (tertiary/aromatic N) is 1. The molecular formula is C20H16Cl2FN3O. The number of anilines is 2. The minimum Gasteiger partial charge on any atom is -0.382 e. The summed E-state index contributed by atoms with van der Waals surface area (Å²) in [5.41, 5.74) is 7.88. The van der Waals surface area contributed by atoms with E-state index in [0.717, 1.165) is 0 Å². The van der Waals surface area contributed by atoms with Crippen LogP contribution in [0.25, 0.3) is 0 Å². The number of carbonyl (C=O) groups excluding carboxylic acids is 1. The smallest absolute Gasteiger partial charge is 0.168 e.